The summed E-state index contributed by atoms with van der Waals surface area (Å²) in [6.07, 6.45) is 6.09. The van der Waals surface area contributed by atoms with E-state index in [2.05, 4.69) is 0 Å². The van der Waals surface area contributed by atoms with E-state index in [0.717, 1.165) is 4.31 Å². The highest BCUT2D eigenvalue weighted by molar-refractivity contribution is 7.92. The zero-order valence-corrected chi connectivity index (χ0v) is 17.5. The number of benzene rings is 2. The Labute approximate surface area is 180 Å². The van der Waals surface area contributed by atoms with Crippen LogP contribution in [0.5, 0.6) is 5.75 Å². The van der Waals surface area contributed by atoms with Crippen LogP contribution >= 0.6 is 0 Å². The van der Waals surface area contributed by atoms with Gasteiger partial charge in [0.15, 0.2) is 12.4 Å². The molecule has 8 nitrogen and oxygen atoms in total. The highest BCUT2D eigenvalue weighted by Gasteiger charge is 2.27. The summed E-state index contributed by atoms with van der Waals surface area (Å²) in [5, 5.41) is 11.5. The summed E-state index contributed by atoms with van der Waals surface area (Å²) < 4.78 is 33.4. The Balaban J connectivity index is 2.06. The third-order valence-electron chi connectivity index (χ3n) is 4.41. The first kappa shape index (κ1) is 21.8. The number of hydrogen-bond acceptors (Lipinski definition) is 5. The molecule has 1 heterocycles. The van der Waals surface area contributed by atoms with Crippen LogP contribution in [0.4, 0.5) is 5.69 Å². The minimum atomic E-state index is -4.10. The first-order valence-corrected chi connectivity index (χ1v) is 10.7. The van der Waals surface area contributed by atoms with E-state index in [1.807, 2.05) is 0 Å². The number of nitrogens with zero attached hydrogens (tertiary/aromatic N) is 2. The molecule has 31 heavy (non-hydrogen) atoms. The summed E-state index contributed by atoms with van der Waals surface area (Å²) in [7, 11) is -2.62. The normalized spacial score (nSPS) is 11.4. The highest BCUT2D eigenvalue weighted by atomic mass is 32.2. The Morgan fingerprint density at radius 3 is 2.45 bits per heavy atom. The summed E-state index contributed by atoms with van der Waals surface area (Å²) in [4.78, 5) is 11.7. The zero-order valence-electron chi connectivity index (χ0n) is 16.7. The number of carbonyl (C=O) groups excluding carboxylic acids is 1. The maximum Gasteiger partial charge on any atom is 0.264 e. The average Bonchev–Trinajstić information content (AvgIpc) is 2.76. The van der Waals surface area contributed by atoms with Gasteiger partial charge in [-0.05, 0) is 48.0 Å². The number of ether oxygens (including phenoxy) is 1. The van der Waals surface area contributed by atoms with Gasteiger partial charge in [0.25, 0.3) is 10.0 Å². The van der Waals surface area contributed by atoms with Gasteiger partial charge in [0.05, 0.1) is 17.7 Å². The number of pyridine rings is 1. The van der Waals surface area contributed by atoms with Crippen LogP contribution < -0.4 is 19.5 Å². The van der Waals surface area contributed by atoms with Crippen molar-refractivity contribution < 1.29 is 22.7 Å². The van der Waals surface area contributed by atoms with Gasteiger partial charge >= 0.3 is 0 Å². The Bertz CT molecular complexity index is 1210. The second kappa shape index (κ2) is 9.31. The van der Waals surface area contributed by atoms with E-state index in [4.69, 9.17) is 10.5 Å². The van der Waals surface area contributed by atoms with Gasteiger partial charge < -0.3 is 15.7 Å². The van der Waals surface area contributed by atoms with Crippen LogP contribution in [0.1, 0.15) is 11.1 Å². The summed E-state index contributed by atoms with van der Waals surface area (Å²) in [6, 6.07) is 15.9. The quantitative estimate of drug-likeness (QED) is 0.426. The molecular formula is C22H21N3O5S. The predicted octanol–water partition coefficient (Wildman–Crippen LogP) is 2.18. The van der Waals surface area contributed by atoms with Crippen LogP contribution in [0.2, 0.25) is 0 Å². The Kier molecular flexibility index (Phi) is 6.56. The van der Waals surface area contributed by atoms with Gasteiger partial charge in [0.2, 0.25) is 5.91 Å². The summed E-state index contributed by atoms with van der Waals surface area (Å²) in [5.74, 6) is -0.298. The number of primary amides is 1. The largest absolute Gasteiger partial charge is 0.619 e. The number of methoxy groups -OCH3 is 1. The number of para-hydroxylation sites is 1. The van der Waals surface area contributed by atoms with Crippen molar-refractivity contribution in [1.82, 2.24) is 0 Å². The van der Waals surface area contributed by atoms with Gasteiger partial charge in [-0.25, -0.2) is 8.42 Å². The molecule has 2 aromatic carbocycles. The Hall–Kier alpha value is -3.85. The van der Waals surface area contributed by atoms with Crippen molar-refractivity contribution in [1.29, 1.82) is 0 Å². The SMILES string of the molecule is COc1ccc(S(=O)(=O)N(CC(N)=O)c2ccccc2/C=C\c2ccc[n+]([O-])c2)cc1. The monoisotopic (exact) mass is 439 g/mol. The molecule has 0 saturated heterocycles. The number of rotatable bonds is 8. The fraction of sp³-hybridized carbons (Fsp3) is 0.0909. The number of anilines is 1. The van der Waals surface area contributed by atoms with Gasteiger partial charge in [0, 0.05) is 11.6 Å². The molecule has 1 aromatic heterocycles. The molecule has 9 heteroatoms. The maximum atomic E-state index is 13.3. The molecule has 1 amide bonds. The molecule has 0 aliphatic heterocycles. The van der Waals surface area contributed by atoms with Crippen LogP contribution in [0.15, 0.2) is 78.0 Å². The smallest absolute Gasteiger partial charge is 0.264 e. The van der Waals surface area contributed by atoms with Crippen molar-refractivity contribution in [2.75, 3.05) is 18.0 Å². The second-order valence-corrected chi connectivity index (χ2v) is 8.41. The number of amides is 1. The molecule has 0 atom stereocenters. The van der Waals surface area contributed by atoms with Gasteiger partial charge in [-0.1, -0.05) is 24.3 Å². The lowest BCUT2D eigenvalue weighted by atomic mass is 10.1. The van der Waals surface area contributed by atoms with Gasteiger partial charge in [-0.3, -0.25) is 9.10 Å². The fourth-order valence-electron chi connectivity index (χ4n) is 2.93. The van der Waals surface area contributed by atoms with Crippen molar-refractivity contribution in [3.63, 3.8) is 0 Å². The standard InChI is InChI=1S/C22H21N3O5S/c1-30-19-10-12-20(13-11-19)31(28,29)25(16-22(23)26)21-7-3-2-6-18(21)9-8-17-5-4-14-24(27)15-17/h2-15H,16H2,1H3,(H2,23,26)/b9-8-. The van der Waals surface area contributed by atoms with Crippen LogP contribution in [0.3, 0.4) is 0 Å². The van der Waals surface area contributed by atoms with E-state index in [-0.39, 0.29) is 10.6 Å². The molecule has 0 aliphatic rings. The highest BCUT2D eigenvalue weighted by Crippen LogP contribution is 2.29. The van der Waals surface area contributed by atoms with E-state index in [1.54, 1.807) is 48.6 Å². The molecule has 0 bridgehead atoms. The van der Waals surface area contributed by atoms with E-state index in [1.165, 1.54) is 43.8 Å². The molecule has 3 rings (SSSR count). The lowest BCUT2D eigenvalue weighted by Crippen LogP contribution is -2.39. The third-order valence-corrected chi connectivity index (χ3v) is 6.18. The molecule has 0 spiro atoms. The van der Waals surface area contributed by atoms with Crippen molar-refractivity contribution in [2.24, 2.45) is 5.73 Å². The van der Waals surface area contributed by atoms with E-state index < -0.39 is 22.5 Å². The Morgan fingerprint density at radius 1 is 1.10 bits per heavy atom. The van der Waals surface area contributed by atoms with E-state index in [0.29, 0.717) is 21.6 Å². The first-order valence-electron chi connectivity index (χ1n) is 9.22. The van der Waals surface area contributed by atoms with E-state index >= 15 is 0 Å². The van der Waals surface area contributed by atoms with Crippen molar-refractivity contribution >= 4 is 33.8 Å². The predicted molar refractivity (Wildman–Crippen MR) is 117 cm³/mol. The lowest BCUT2D eigenvalue weighted by Gasteiger charge is -2.25. The molecule has 2 N–H and O–H groups in total. The number of carbonyl (C=O) groups is 1. The number of aromatic nitrogens is 1. The van der Waals surface area contributed by atoms with Crippen LogP contribution in [-0.4, -0.2) is 28.0 Å². The summed E-state index contributed by atoms with van der Waals surface area (Å²) >= 11 is 0. The summed E-state index contributed by atoms with van der Waals surface area (Å²) in [5.41, 5.74) is 6.80. The average molecular weight is 439 g/mol. The fourth-order valence-corrected chi connectivity index (χ4v) is 4.39. The topological polar surface area (TPSA) is 117 Å². The van der Waals surface area contributed by atoms with Gasteiger partial charge in [-0.2, -0.15) is 4.73 Å². The van der Waals surface area contributed by atoms with Crippen LogP contribution in [0.25, 0.3) is 12.2 Å². The Morgan fingerprint density at radius 2 is 1.81 bits per heavy atom. The first-order chi connectivity index (χ1) is 14.8. The van der Waals surface area contributed by atoms with Crippen molar-refractivity contribution in [2.45, 2.75) is 4.90 Å². The molecular weight excluding hydrogens is 418 g/mol. The van der Waals surface area contributed by atoms with Crippen molar-refractivity contribution in [3.05, 3.63) is 89.4 Å². The second-order valence-electron chi connectivity index (χ2n) is 6.54. The summed E-state index contributed by atoms with van der Waals surface area (Å²) in [6.45, 7) is -0.537. The number of hydrogen-bond donors (Lipinski definition) is 1. The minimum Gasteiger partial charge on any atom is -0.619 e. The van der Waals surface area contributed by atoms with E-state index in [9.17, 15) is 18.4 Å². The van der Waals surface area contributed by atoms with Gasteiger partial charge in [-0.15, -0.1) is 0 Å². The number of sulfonamides is 1. The zero-order chi connectivity index (χ0) is 22.4. The number of nitrogens with two attached hydrogens (primary N) is 1. The molecule has 0 unspecified atom stereocenters. The molecule has 0 aliphatic carbocycles. The molecule has 0 saturated carbocycles. The molecule has 0 fully saturated rings. The molecule has 160 valence electrons. The molecule has 0 radical (unpaired) electrons. The maximum absolute atomic E-state index is 13.3. The van der Waals surface area contributed by atoms with Crippen LogP contribution in [0, 0.1) is 5.21 Å². The lowest BCUT2D eigenvalue weighted by molar-refractivity contribution is -0.605. The minimum absolute atomic E-state index is 0.0104. The van der Waals surface area contributed by atoms with Crippen LogP contribution in [-0.2, 0) is 14.8 Å². The molecule has 3 aromatic rings. The van der Waals surface area contributed by atoms with Crippen molar-refractivity contribution in [3.8, 4) is 5.75 Å². The van der Waals surface area contributed by atoms with Gasteiger partial charge in [0.1, 0.15) is 12.3 Å². The third kappa shape index (κ3) is 5.20.